The summed E-state index contributed by atoms with van der Waals surface area (Å²) in [6.07, 6.45) is 3.94. The van der Waals surface area contributed by atoms with Gasteiger partial charge in [-0.2, -0.15) is 13.2 Å². The number of amides is 2. The van der Waals surface area contributed by atoms with Gasteiger partial charge in [-0.05, 0) is 12.8 Å². The van der Waals surface area contributed by atoms with Gasteiger partial charge >= 0.3 is 12.1 Å². The van der Waals surface area contributed by atoms with Gasteiger partial charge in [0.25, 0.3) is 0 Å². The lowest BCUT2D eigenvalue weighted by atomic mass is 9.90. The molecule has 0 bridgehead atoms. The van der Waals surface area contributed by atoms with Crippen molar-refractivity contribution >= 4 is 23.6 Å². The van der Waals surface area contributed by atoms with Gasteiger partial charge in [-0.25, -0.2) is 4.98 Å². The Bertz CT molecular complexity index is 903. The van der Waals surface area contributed by atoms with Gasteiger partial charge in [0.05, 0.1) is 6.04 Å². The first-order valence-electron chi connectivity index (χ1n) is 12.5. The van der Waals surface area contributed by atoms with Crippen molar-refractivity contribution < 1.29 is 37.5 Å². The van der Waals surface area contributed by atoms with Crippen LogP contribution in [0.15, 0.2) is 6.20 Å². The third-order valence-electron chi connectivity index (χ3n) is 6.28. The second-order valence-corrected chi connectivity index (χ2v) is 9.24. The molecular formula is C24H35F3N4O5. The number of carbonyl (C=O) groups is 4. The zero-order valence-electron chi connectivity index (χ0n) is 20.5. The Balaban J connectivity index is 2.06. The predicted molar refractivity (Wildman–Crippen MR) is 124 cm³/mol. The molecule has 2 rings (SSSR count). The lowest BCUT2D eigenvalue weighted by Gasteiger charge is -2.22. The number of aromatic nitrogens is 2. The Morgan fingerprint density at radius 1 is 1.14 bits per heavy atom. The number of hydrogen-bond donors (Lipinski definition) is 4. The lowest BCUT2D eigenvalue weighted by Crippen LogP contribution is -2.51. The van der Waals surface area contributed by atoms with Gasteiger partial charge in [-0.15, -0.1) is 0 Å². The van der Waals surface area contributed by atoms with Gasteiger partial charge in [-0.1, -0.05) is 58.3 Å². The topological polar surface area (TPSA) is 141 Å². The maximum atomic E-state index is 13.2. The third kappa shape index (κ3) is 9.27. The van der Waals surface area contributed by atoms with Crippen LogP contribution in [0.25, 0.3) is 0 Å². The average Bonchev–Trinajstić information content (AvgIpc) is 3.46. The van der Waals surface area contributed by atoms with Crippen LogP contribution >= 0.6 is 0 Å². The maximum absolute atomic E-state index is 13.2. The number of ketones is 1. The van der Waals surface area contributed by atoms with Crippen molar-refractivity contribution in [3.63, 3.8) is 0 Å². The molecule has 9 nitrogen and oxygen atoms in total. The first-order valence-corrected chi connectivity index (χ1v) is 12.5. The minimum Gasteiger partial charge on any atom is -0.481 e. The second kappa shape index (κ2) is 14.0. The normalized spacial score (nSPS) is 17.4. The second-order valence-electron chi connectivity index (χ2n) is 9.24. The fourth-order valence-electron chi connectivity index (χ4n) is 4.25. The van der Waals surface area contributed by atoms with E-state index in [1.807, 2.05) is 0 Å². The molecule has 1 aromatic heterocycles. The van der Waals surface area contributed by atoms with Gasteiger partial charge < -0.3 is 20.7 Å². The Morgan fingerprint density at radius 3 is 2.31 bits per heavy atom. The highest BCUT2D eigenvalue weighted by molar-refractivity contribution is 6.03. The van der Waals surface area contributed by atoms with Crippen molar-refractivity contribution in [2.75, 3.05) is 0 Å². The molecule has 0 spiro atoms. The van der Waals surface area contributed by atoms with E-state index in [1.165, 1.54) is 6.42 Å². The van der Waals surface area contributed by atoms with E-state index in [2.05, 4.69) is 27.5 Å². The van der Waals surface area contributed by atoms with Crippen molar-refractivity contribution in [3.05, 3.63) is 17.7 Å². The monoisotopic (exact) mass is 516 g/mol. The quantitative estimate of drug-likeness (QED) is 0.196. The van der Waals surface area contributed by atoms with Crippen molar-refractivity contribution in [2.24, 2.45) is 5.92 Å². The summed E-state index contributed by atoms with van der Waals surface area (Å²) >= 11 is 0. The molecule has 12 heteroatoms. The number of nitrogens with one attached hydrogen (secondary N) is 3. The van der Waals surface area contributed by atoms with Gasteiger partial charge in [0, 0.05) is 24.7 Å². The smallest absolute Gasteiger partial charge is 0.449 e. The molecule has 1 aromatic rings. The number of rotatable bonds is 16. The molecule has 4 N–H and O–H groups in total. The van der Waals surface area contributed by atoms with E-state index in [0.29, 0.717) is 6.42 Å². The van der Waals surface area contributed by atoms with E-state index < -0.39 is 54.1 Å². The Morgan fingerprint density at radius 2 is 1.78 bits per heavy atom. The molecule has 36 heavy (non-hydrogen) atoms. The van der Waals surface area contributed by atoms with E-state index in [4.69, 9.17) is 0 Å². The summed E-state index contributed by atoms with van der Waals surface area (Å²) in [5.41, 5.74) is -0.0762. The molecule has 1 aliphatic heterocycles. The number of nitrogens with zero attached hydrogens (tertiary/aromatic N) is 1. The molecule has 0 radical (unpaired) electrons. The van der Waals surface area contributed by atoms with E-state index in [1.54, 1.807) is 0 Å². The lowest BCUT2D eigenvalue weighted by molar-refractivity contribution is -0.148. The Kier molecular flexibility index (Phi) is 11.4. The van der Waals surface area contributed by atoms with Gasteiger partial charge in [0.1, 0.15) is 12.0 Å². The molecule has 1 aliphatic rings. The Labute approximate surface area is 208 Å². The molecule has 1 fully saturated rings. The molecule has 3 atom stereocenters. The van der Waals surface area contributed by atoms with Crippen molar-refractivity contribution in [1.29, 1.82) is 0 Å². The molecule has 0 aliphatic carbocycles. The van der Waals surface area contributed by atoms with Crippen LogP contribution in [0.1, 0.15) is 89.1 Å². The van der Waals surface area contributed by atoms with Crippen molar-refractivity contribution in [1.82, 2.24) is 20.6 Å². The van der Waals surface area contributed by atoms with Gasteiger partial charge in [0.15, 0.2) is 5.78 Å². The van der Waals surface area contributed by atoms with Crippen LogP contribution < -0.4 is 10.6 Å². The fourth-order valence-corrected chi connectivity index (χ4v) is 4.25. The van der Waals surface area contributed by atoms with Gasteiger partial charge in [-0.3, -0.25) is 19.2 Å². The van der Waals surface area contributed by atoms with Gasteiger partial charge in [0.2, 0.25) is 17.6 Å². The van der Waals surface area contributed by atoms with Crippen LogP contribution in [0.4, 0.5) is 13.2 Å². The van der Waals surface area contributed by atoms with Crippen LogP contribution in [0.2, 0.25) is 0 Å². The number of H-pyrrole nitrogens is 1. The summed E-state index contributed by atoms with van der Waals surface area (Å²) in [6.45, 7) is 2.13. The first kappa shape index (κ1) is 29.3. The number of carbonyl (C=O) groups excluding carboxylic acids is 3. The number of Topliss-reactive ketones (excluding diaryl/α,β-unsaturated/α-hetero) is 1. The number of aromatic amines is 1. The standard InChI is InChI=1S/C24H35F3N4O5/c1-2-3-4-5-6-7-8-9-10-16(22(35)36)20(33)18(31-21(34)17-11-12-19(32)30-17)13-15-14-28-23(29-15)24(25,26)27/h14,16-18H,2-13H2,1H3,(H,28,29)(H,30,32)(H,31,34)(H,35,36)/t16-,17-,18-/m0/s1. The largest absolute Gasteiger partial charge is 0.481 e. The molecule has 1 saturated heterocycles. The summed E-state index contributed by atoms with van der Waals surface area (Å²) in [4.78, 5) is 54.5. The summed E-state index contributed by atoms with van der Waals surface area (Å²) in [7, 11) is 0. The predicted octanol–water partition coefficient (Wildman–Crippen LogP) is 3.54. The minimum atomic E-state index is -4.73. The third-order valence-corrected chi connectivity index (χ3v) is 6.28. The van der Waals surface area contributed by atoms with E-state index >= 15 is 0 Å². The van der Waals surface area contributed by atoms with Crippen LogP contribution in [-0.4, -0.2) is 50.7 Å². The molecule has 2 amide bonds. The zero-order valence-corrected chi connectivity index (χ0v) is 20.5. The number of unbranched alkanes of at least 4 members (excludes halogenated alkanes) is 7. The molecule has 202 valence electrons. The number of hydrogen-bond acceptors (Lipinski definition) is 5. The van der Waals surface area contributed by atoms with E-state index in [9.17, 15) is 37.5 Å². The highest BCUT2D eigenvalue weighted by Gasteiger charge is 2.37. The Hall–Kier alpha value is -2.92. The van der Waals surface area contributed by atoms with Crippen molar-refractivity contribution in [2.45, 2.75) is 102 Å². The first-order chi connectivity index (χ1) is 17.0. The SMILES string of the molecule is CCCCCCCCCC[C@H](C(=O)O)C(=O)[C@H](Cc1cnc(C(F)(F)F)[nH]1)NC(=O)[C@@H]1CCC(=O)N1. The number of alkyl halides is 3. The number of imidazole rings is 1. The number of halogens is 3. The molecular weight excluding hydrogens is 481 g/mol. The molecule has 0 saturated carbocycles. The fraction of sp³-hybridized carbons (Fsp3) is 0.708. The van der Waals surface area contributed by atoms with Crippen molar-refractivity contribution in [3.8, 4) is 0 Å². The highest BCUT2D eigenvalue weighted by Crippen LogP contribution is 2.26. The summed E-state index contributed by atoms with van der Waals surface area (Å²) in [5.74, 6) is -5.85. The minimum absolute atomic E-state index is 0.0619. The summed E-state index contributed by atoms with van der Waals surface area (Å²) in [5, 5.41) is 14.6. The van der Waals surface area contributed by atoms with Crippen LogP contribution in [-0.2, 0) is 31.8 Å². The molecule has 0 unspecified atom stereocenters. The average molecular weight is 517 g/mol. The van der Waals surface area contributed by atoms with Crippen LogP contribution in [0.3, 0.4) is 0 Å². The number of aliphatic carboxylic acids is 1. The molecule has 0 aromatic carbocycles. The van der Waals surface area contributed by atoms with E-state index in [-0.39, 0.29) is 30.9 Å². The summed E-state index contributed by atoms with van der Waals surface area (Å²) < 4.78 is 38.8. The highest BCUT2D eigenvalue weighted by atomic mass is 19.4. The number of carboxylic acids is 1. The number of carboxylic acid groups (broad SMARTS) is 1. The van der Waals surface area contributed by atoms with E-state index in [0.717, 1.165) is 44.7 Å². The van der Waals surface area contributed by atoms with Crippen LogP contribution in [0, 0.1) is 5.92 Å². The molecule has 2 heterocycles. The maximum Gasteiger partial charge on any atom is 0.449 e. The summed E-state index contributed by atoms with van der Waals surface area (Å²) in [6, 6.07) is -2.29. The zero-order chi connectivity index (χ0) is 26.7. The van der Waals surface area contributed by atoms with Crippen LogP contribution in [0.5, 0.6) is 0 Å².